The molecule has 2 amide bonds. The number of nitrogens with one attached hydrogen (secondary N) is 1. The van der Waals surface area contributed by atoms with Gasteiger partial charge in [-0.1, -0.05) is 36.4 Å². The van der Waals surface area contributed by atoms with Gasteiger partial charge in [-0.2, -0.15) is 0 Å². The fraction of sp³-hybridized carbons (Fsp3) is 0.167. The van der Waals surface area contributed by atoms with Gasteiger partial charge < -0.3 is 14.8 Å². The Morgan fingerprint density at radius 1 is 1.03 bits per heavy atom. The van der Waals surface area contributed by atoms with Crippen molar-refractivity contribution in [3.8, 4) is 11.5 Å². The van der Waals surface area contributed by atoms with Crippen LogP contribution >= 0.6 is 11.8 Å². The zero-order valence-corrected chi connectivity index (χ0v) is 17.8. The van der Waals surface area contributed by atoms with Crippen LogP contribution in [-0.4, -0.2) is 31.3 Å². The normalized spacial score (nSPS) is 15.6. The summed E-state index contributed by atoms with van der Waals surface area (Å²) in [6.07, 6.45) is 0. The van der Waals surface area contributed by atoms with Crippen molar-refractivity contribution >= 4 is 35.0 Å². The Balaban J connectivity index is 1.47. The Morgan fingerprint density at radius 3 is 2.61 bits per heavy atom. The highest BCUT2D eigenvalue weighted by Crippen LogP contribution is 2.42. The van der Waals surface area contributed by atoms with Crippen molar-refractivity contribution in [1.29, 1.82) is 0 Å². The summed E-state index contributed by atoms with van der Waals surface area (Å²) >= 11 is 1.55. The molecule has 6 nitrogen and oxygen atoms in total. The number of carbonyl (C=O) groups is 2. The maximum atomic E-state index is 12.6. The summed E-state index contributed by atoms with van der Waals surface area (Å²) in [6.45, 7) is -0.0825. The molecule has 1 N–H and O–H groups in total. The van der Waals surface area contributed by atoms with Crippen molar-refractivity contribution in [2.45, 2.75) is 5.37 Å². The number of benzene rings is 3. The first kappa shape index (κ1) is 20.8. The van der Waals surface area contributed by atoms with Gasteiger partial charge in [-0.15, -0.1) is 11.8 Å². The monoisotopic (exact) mass is 434 g/mol. The van der Waals surface area contributed by atoms with Crippen LogP contribution in [0, 0.1) is 0 Å². The molecule has 1 aliphatic rings. The number of hydrogen-bond donors (Lipinski definition) is 1. The highest BCUT2D eigenvalue weighted by Gasteiger charge is 2.34. The molecular formula is C24H22N2O4S. The van der Waals surface area contributed by atoms with Gasteiger partial charge in [-0.25, -0.2) is 0 Å². The third kappa shape index (κ3) is 5.00. The molecule has 1 saturated heterocycles. The first-order valence-corrected chi connectivity index (χ1v) is 10.8. The third-order valence-corrected chi connectivity index (χ3v) is 5.98. The quantitative estimate of drug-likeness (QED) is 0.593. The zero-order chi connectivity index (χ0) is 21.6. The van der Waals surface area contributed by atoms with Crippen molar-refractivity contribution in [3.05, 3.63) is 84.4 Å². The molecule has 0 aromatic heterocycles. The van der Waals surface area contributed by atoms with Gasteiger partial charge in [0.05, 0.1) is 12.9 Å². The van der Waals surface area contributed by atoms with Crippen molar-refractivity contribution < 1.29 is 19.1 Å². The topological polar surface area (TPSA) is 67.9 Å². The molecule has 0 radical (unpaired) electrons. The van der Waals surface area contributed by atoms with Gasteiger partial charge in [0.1, 0.15) is 16.9 Å². The second-order valence-corrected chi connectivity index (χ2v) is 7.97. The highest BCUT2D eigenvalue weighted by atomic mass is 32.2. The Hall–Kier alpha value is -3.45. The molecule has 3 aromatic rings. The summed E-state index contributed by atoms with van der Waals surface area (Å²) in [7, 11) is 1.60. The molecule has 1 unspecified atom stereocenters. The van der Waals surface area contributed by atoms with E-state index in [1.54, 1.807) is 35.9 Å². The fourth-order valence-corrected chi connectivity index (χ4v) is 4.51. The molecule has 31 heavy (non-hydrogen) atoms. The maximum absolute atomic E-state index is 12.6. The van der Waals surface area contributed by atoms with Gasteiger partial charge in [0.25, 0.3) is 5.91 Å². The summed E-state index contributed by atoms with van der Waals surface area (Å²) in [4.78, 5) is 26.7. The van der Waals surface area contributed by atoms with Crippen LogP contribution in [0.1, 0.15) is 10.9 Å². The van der Waals surface area contributed by atoms with Gasteiger partial charge in [-0.3, -0.25) is 14.5 Å². The van der Waals surface area contributed by atoms with Crippen molar-refractivity contribution in [3.63, 3.8) is 0 Å². The van der Waals surface area contributed by atoms with E-state index < -0.39 is 0 Å². The number of rotatable bonds is 7. The van der Waals surface area contributed by atoms with E-state index in [1.807, 2.05) is 66.7 Å². The lowest BCUT2D eigenvalue weighted by Crippen LogP contribution is -2.28. The number of para-hydroxylation sites is 1. The van der Waals surface area contributed by atoms with E-state index in [1.165, 1.54) is 0 Å². The van der Waals surface area contributed by atoms with E-state index in [4.69, 9.17) is 9.47 Å². The van der Waals surface area contributed by atoms with Crippen LogP contribution < -0.4 is 19.7 Å². The molecular weight excluding hydrogens is 412 g/mol. The van der Waals surface area contributed by atoms with E-state index in [9.17, 15) is 9.59 Å². The summed E-state index contributed by atoms with van der Waals surface area (Å²) in [5.74, 6) is 1.51. The number of carbonyl (C=O) groups excluding carboxylic acids is 2. The van der Waals surface area contributed by atoms with Crippen LogP contribution in [0.25, 0.3) is 0 Å². The largest absolute Gasteiger partial charge is 0.497 e. The van der Waals surface area contributed by atoms with Crippen LogP contribution in [0.5, 0.6) is 11.5 Å². The molecule has 7 heteroatoms. The minimum absolute atomic E-state index is 0.0361. The zero-order valence-electron chi connectivity index (χ0n) is 17.0. The predicted octanol–water partition coefficient (Wildman–Crippen LogP) is 4.49. The van der Waals surface area contributed by atoms with Crippen LogP contribution in [0.4, 0.5) is 11.4 Å². The number of hydrogen-bond acceptors (Lipinski definition) is 5. The van der Waals surface area contributed by atoms with Gasteiger partial charge in [0, 0.05) is 17.4 Å². The molecule has 0 spiro atoms. The van der Waals surface area contributed by atoms with E-state index in [0.29, 0.717) is 22.9 Å². The maximum Gasteiger partial charge on any atom is 0.262 e. The lowest BCUT2D eigenvalue weighted by atomic mass is 10.1. The van der Waals surface area contributed by atoms with Crippen molar-refractivity contribution in [2.75, 3.05) is 29.7 Å². The van der Waals surface area contributed by atoms with Crippen LogP contribution in [0.2, 0.25) is 0 Å². The lowest BCUT2D eigenvalue weighted by Gasteiger charge is -2.25. The second kappa shape index (κ2) is 9.57. The summed E-state index contributed by atoms with van der Waals surface area (Å²) < 4.78 is 10.8. The number of ether oxygens (including phenoxy) is 2. The Morgan fingerprint density at radius 2 is 1.81 bits per heavy atom. The standard InChI is InChI=1S/C24H22N2O4S/c1-29-21-12-6-9-19(14-21)26-23(28)16-31-24(26)17-7-5-8-18(13-17)25-22(27)15-30-20-10-3-2-4-11-20/h2-14,24H,15-16H2,1H3,(H,25,27). The second-order valence-electron chi connectivity index (χ2n) is 6.90. The molecule has 0 bridgehead atoms. The molecule has 0 aliphatic carbocycles. The molecule has 4 rings (SSSR count). The predicted molar refractivity (Wildman–Crippen MR) is 123 cm³/mol. The molecule has 0 saturated carbocycles. The van der Waals surface area contributed by atoms with E-state index in [-0.39, 0.29) is 23.8 Å². The molecule has 3 aromatic carbocycles. The average molecular weight is 435 g/mol. The number of thioether (sulfide) groups is 1. The molecule has 1 aliphatic heterocycles. The SMILES string of the molecule is COc1cccc(N2C(=O)CSC2c2cccc(NC(=O)COc3ccccc3)c2)c1. The molecule has 1 fully saturated rings. The minimum Gasteiger partial charge on any atom is -0.497 e. The first-order valence-electron chi connectivity index (χ1n) is 9.79. The fourth-order valence-electron chi connectivity index (χ4n) is 3.34. The minimum atomic E-state index is -0.249. The highest BCUT2D eigenvalue weighted by molar-refractivity contribution is 8.00. The number of nitrogens with zero attached hydrogens (tertiary/aromatic N) is 1. The van der Waals surface area contributed by atoms with Gasteiger partial charge >= 0.3 is 0 Å². The van der Waals surface area contributed by atoms with Crippen LogP contribution in [0.3, 0.4) is 0 Å². The molecule has 1 atom stereocenters. The molecule has 158 valence electrons. The smallest absolute Gasteiger partial charge is 0.262 e. The average Bonchev–Trinajstić information content (AvgIpc) is 3.20. The number of anilines is 2. The van der Waals surface area contributed by atoms with Gasteiger partial charge in [0.15, 0.2) is 6.61 Å². The van der Waals surface area contributed by atoms with Crippen molar-refractivity contribution in [2.24, 2.45) is 0 Å². The lowest BCUT2D eigenvalue weighted by molar-refractivity contribution is -0.118. The third-order valence-electron chi connectivity index (χ3n) is 4.77. The number of methoxy groups -OCH3 is 1. The van der Waals surface area contributed by atoms with E-state index >= 15 is 0 Å². The number of amides is 2. The molecule has 1 heterocycles. The van der Waals surface area contributed by atoms with E-state index in [0.717, 1.165) is 11.3 Å². The Kier molecular flexibility index (Phi) is 6.43. The summed E-state index contributed by atoms with van der Waals surface area (Å²) in [6, 6.07) is 24.2. The van der Waals surface area contributed by atoms with Crippen LogP contribution in [0.15, 0.2) is 78.9 Å². The van der Waals surface area contributed by atoms with Crippen LogP contribution in [-0.2, 0) is 9.59 Å². The Bertz CT molecular complexity index is 1070. The first-order chi connectivity index (χ1) is 15.1. The summed E-state index contributed by atoms with van der Waals surface area (Å²) in [5, 5.41) is 2.68. The van der Waals surface area contributed by atoms with E-state index in [2.05, 4.69) is 5.32 Å². The van der Waals surface area contributed by atoms with Crippen molar-refractivity contribution in [1.82, 2.24) is 0 Å². The Labute approximate surface area is 185 Å². The summed E-state index contributed by atoms with van der Waals surface area (Å²) in [5.41, 5.74) is 2.37. The van der Waals surface area contributed by atoms with Gasteiger partial charge in [-0.05, 0) is 42.0 Å². The van der Waals surface area contributed by atoms with Gasteiger partial charge in [0.2, 0.25) is 5.91 Å².